The smallest absolute Gasteiger partial charge is 0.329 e. The van der Waals surface area contributed by atoms with Crippen LogP contribution in [-0.2, 0) is 20.9 Å². The highest BCUT2D eigenvalue weighted by molar-refractivity contribution is 6.40. The number of amides is 3. The lowest BCUT2D eigenvalue weighted by Gasteiger charge is -2.07. The Labute approximate surface area is 168 Å². The van der Waals surface area contributed by atoms with E-state index in [1.54, 1.807) is 25.1 Å². The molecule has 0 saturated heterocycles. The van der Waals surface area contributed by atoms with Gasteiger partial charge in [0.1, 0.15) is 0 Å². The third-order valence-corrected chi connectivity index (χ3v) is 4.14. The predicted octanol–water partition coefficient (Wildman–Crippen LogP) is 2.79. The number of hydrogen-bond donors (Lipinski definition) is 3. The summed E-state index contributed by atoms with van der Waals surface area (Å²) in [4.78, 5) is 35.6. The molecule has 0 radical (unpaired) electrons. The van der Waals surface area contributed by atoms with Crippen LogP contribution in [0.15, 0.2) is 53.6 Å². The Hall–Kier alpha value is -3.19. The normalized spacial score (nSPS) is 10.9. The molecule has 0 aliphatic rings. The lowest BCUT2D eigenvalue weighted by Crippen LogP contribution is -2.33. The topological polar surface area (TPSA) is 99.7 Å². The third-order valence-electron chi connectivity index (χ3n) is 3.73. The second kappa shape index (κ2) is 10.2. The largest absolute Gasteiger partial charge is 0.352 e. The van der Waals surface area contributed by atoms with E-state index < -0.39 is 11.8 Å². The fourth-order valence-corrected chi connectivity index (χ4v) is 2.37. The van der Waals surface area contributed by atoms with Gasteiger partial charge in [-0.1, -0.05) is 48.0 Å². The number of carbonyl (C=O) groups excluding carboxylic acids is 3. The molecule has 7 nitrogen and oxygen atoms in total. The van der Waals surface area contributed by atoms with Crippen molar-refractivity contribution in [3.63, 3.8) is 0 Å². The Morgan fingerprint density at radius 3 is 2.43 bits per heavy atom. The first-order valence-corrected chi connectivity index (χ1v) is 8.94. The minimum atomic E-state index is -0.944. The Balaban J connectivity index is 1.78. The monoisotopic (exact) mass is 400 g/mol. The predicted molar refractivity (Wildman–Crippen MR) is 109 cm³/mol. The average Bonchev–Trinajstić information content (AvgIpc) is 2.68. The van der Waals surface area contributed by atoms with Crippen LogP contribution < -0.4 is 16.1 Å². The van der Waals surface area contributed by atoms with Crippen LogP contribution in [0.25, 0.3) is 0 Å². The Morgan fingerprint density at radius 2 is 1.75 bits per heavy atom. The second-order valence-electron chi connectivity index (χ2n) is 6.15. The summed E-state index contributed by atoms with van der Waals surface area (Å²) in [5.74, 6) is -2.07. The van der Waals surface area contributed by atoms with Gasteiger partial charge >= 0.3 is 11.8 Å². The van der Waals surface area contributed by atoms with Crippen molar-refractivity contribution in [2.75, 3.05) is 5.32 Å². The fraction of sp³-hybridized carbons (Fsp3) is 0.200. The molecule has 2 aromatic rings. The third kappa shape index (κ3) is 6.85. The first-order chi connectivity index (χ1) is 13.3. The molecule has 0 fully saturated rings. The molecule has 0 unspecified atom stereocenters. The van der Waals surface area contributed by atoms with Crippen LogP contribution in [0.2, 0.25) is 5.02 Å². The molecule has 28 heavy (non-hydrogen) atoms. The fourth-order valence-electron chi connectivity index (χ4n) is 2.19. The van der Waals surface area contributed by atoms with Crippen LogP contribution in [-0.4, -0.2) is 23.4 Å². The summed E-state index contributed by atoms with van der Waals surface area (Å²) >= 11 is 5.98. The summed E-state index contributed by atoms with van der Waals surface area (Å²) in [5, 5.41) is 9.45. The van der Waals surface area contributed by atoms with Crippen molar-refractivity contribution in [2.45, 2.75) is 26.8 Å². The maximum absolute atomic E-state index is 11.9. The standard InChI is InChI=1S/C20H21ClN4O3/c1-13-8-9-16(11-17(13)21)23-19(27)20(28)25-24-14(2)10-18(26)22-12-15-6-4-3-5-7-15/h3-9,11H,10,12H2,1-2H3,(H,22,26)(H,23,27)(H,25,28)/b24-14-. The van der Waals surface area contributed by atoms with E-state index in [0.717, 1.165) is 11.1 Å². The number of rotatable bonds is 6. The van der Waals surface area contributed by atoms with Crippen LogP contribution in [0.4, 0.5) is 5.69 Å². The maximum Gasteiger partial charge on any atom is 0.329 e. The number of hydrazone groups is 1. The molecule has 0 bridgehead atoms. The molecule has 146 valence electrons. The number of carbonyl (C=O) groups is 3. The lowest BCUT2D eigenvalue weighted by molar-refractivity contribution is -0.136. The molecular weight excluding hydrogens is 380 g/mol. The molecule has 0 saturated carbocycles. The minimum absolute atomic E-state index is 0.00228. The van der Waals surface area contributed by atoms with Gasteiger partial charge in [0.15, 0.2) is 0 Å². The van der Waals surface area contributed by atoms with Crippen LogP contribution in [0.1, 0.15) is 24.5 Å². The molecule has 0 aromatic heterocycles. The maximum atomic E-state index is 11.9. The van der Waals surface area contributed by atoms with Gasteiger partial charge in [0.25, 0.3) is 0 Å². The minimum Gasteiger partial charge on any atom is -0.352 e. The van der Waals surface area contributed by atoms with E-state index in [4.69, 9.17) is 11.6 Å². The van der Waals surface area contributed by atoms with E-state index in [2.05, 4.69) is 21.2 Å². The first-order valence-electron chi connectivity index (χ1n) is 8.56. The van der Waals surface area contributed by atoms with Gasteiger partial charge in [-0.15, -0.1) is 0 Å². The van der Waals surface area contributed by atoms with Crippen LogP contribution >= 0.6 is 11.6 Å². The quantitative estimate of drug-likeness (QED) is 0.395. The molecule has 0 atom stereocenters. The van der Waals surface area contributed by atoms with Crippen molar-refractivity contribution < 1.29 is 14.4 Å². The second-order valence-corrected chi connectivity index (χ2v) is 6.55. The number of halogens is 1. The van der Waals surface area contributed by atoms with E-state index in [1.807, 2.05) is 37.3 Å². The number of nitrogens with one attached hydrogen (secondary N) is 3. The zero-order valence-electron chi connectivity index (χ0n) is 15.6. The van der Waals surface area contributed by atoms with E-state index in [-0.39, 0.29) is 12.3 Å². The van der Waals surface area contributed by atoms with Crippen LogP contribution in [0.3, 0.4) is 0 Å². The SMILES string of the molecule is C/C(CC(=O)NCc1ccccc1)=N/NC(=O)C(=O)Nc1ccc(C)c(Cl)c1. The molecule has 0 aliphatic heterocycles. The summed E-state index contributed by atoms with van der Waals surface area (Å²) in [7, 11) is 0. The summed E-state index contributed by atoms with van der Waals surface area (Å²) in [5.41, 5.74) is 4.73. The summed E-state index contributed by atoms with van der Waals surface area (Å²) in [6.07, 6.45) is 0.00228. The lowest BCUT2D eigenvalue weighted by atomic mass is 10.2. The molecule has 0 heterocycles. The van der Waals surface area contributed by atoms with Crippen molar-refractivity contribution in [1.29, 1.82) is 0 Å². The molecule has 3 amide bonds. The summed E-state index contributed by atoms with van der Waals surface area (Å²) in [6, 6.07) is 14.4. The molecule has 0 spiro atoms. The highest BCUT2D eigenvalue weighted by Crippen LogP contribution is 2.19. The van der Waals surface area contributed by atoms with E-state index >= 15 is 0 Å². The van der Waals surface area contributed by atoms with Gasteiger partial charge in [-0.3, -0.25) is 14.4 Å². The van der Waals surface area contributed by atoms with Crippen LogP contribution in [0, 0.1) is 6.92 Å². The van der Waals surface area contributed by atoms with Gasteiger partial charge in [0.05, 0.1) is 6.42 Å². The van der Waals surface area contributed by atoms with E-state index in [0.29, 0.717) is 23.0 Å². The molecule has 0 aliphatic carbocycles. The summed E-state index contributed by atoms with van der Waals surface area (Å²) in [6.45, 7) is 3.81. The zero-order chi connectivity index (χ0) is 20.5. The summed E-state index contributed by atoms with van der Waals surface area (Å²) < 4.78 is 0. The zero-order valence-corrected chi connectivity index (χ0v) is 16.3. The van der Waals surface area contributed by atoms with Gasteiger partial charge in [-0.25, -0.2) is 5.43 Å². The highest BCUT2D eigenvalue weighted by atomic mass is 35.5. The van der Waals surface area contributed by atoms with Crippen molar-refractivity contribution in [2.24, 2.45) is 5.10 Å². The Kier molecular flexibility index (Phi) is 7.71. The highest BCUT2D eigenvalue weighted by Gasteiger charge is 2.14. The Bertz CT molecular complexity index is 898. The molecule has 2 rings (SSSR count). The molecule has 3 N–H and O–H groups in total. The van der Waals surface area contributed by atoms with Gasteiger partial charge in [0, 0.05) is 23.0 Å². The van der Waals surface area contributed by atoms with Gasteiger partial charge in [-0.2, -0.15) is 5.10 Å². The average molecular weight is 401 g/mol. The number of aryl methyl sites for hydroxylation is 1. The number of nitrogens with zero attached hydrogens (tertiary/aromatic N) is 1. The van der Waals surface area contributed by atoms with Crippen molar-refractivity contribution in [3.05, 3.63) is 64.7 Å². The van der Waals surface area contributed by atoms with E-state index in [9.17, 15) is 14.4 Å². The van der Waals surface area contributed by atoms with Gasteiger partial charge < -0.3 is 10.6 Å². The number of benzene rings is 2. The molecule has 8 heteroatoms. The van der Waals surface area contributed by atoms with Crippen molar-refractivity contribution in [1.82, 2.24) is 10.7 Å². The van der Waals surface area contributed by atoms with Gasteiger partial charge in [0.2, 0.25) is 5.91 Å². The number of anilines is 1. The molecule has 2 aromatic carbocycles. The first kappa shape index (κ1) is 21.1. The molecular formula is C20H21ClN4O3. The van der Waals surface area contributed by atoms with E-state index in [1.165, 1.54) is 0 Å². The Morgan fingerprint density at radius 1 is 1.04 bits per heavy atom. The van der Waals surface area contributed by atoms with Crippen molar-refractivity contribution in [3.8, 4) is 0 Å². The van der Waals surface area contributed by atoms with Crippen molar-refractivity contribution >= 4 is 40.7 Å². The number of hydrogen-bond acceptors (Lipinski definition) is 4. The van der Waals surface area contributed by atoms with Crippen LogP contribution in [0.5, 0.6) is 0 Å². The van der Waals surface area contributed by atoms with Gasteiger partial charge in [-0.05, 0) is 37.1 Å².